The summed E-state index contributed by atoms with van der Waals surface area (Å²) in [4.78, 5) is 4.72. The molecule has 0 bridgehead atoms. The third kappa shape index (κ3) is 2.25. The highest BCUT2D eigenvalue weighted by Gasteiger charge is 2.22. The molecule has 0 radical (unpaired) electrons. The normalized spacial score (nSPS) is 15.8. The van der Waals surface area contributed by atoms with E-state index in [-0.39, 0.29) is 0 Å². The summed E-state index contributed by atoms with van der Waals surface area (Å²) in [5.41, 5.74) is 2.16. The van der Waals surface area contributed by atoms with Gasteiger partial charge in [0.05, 0.1) is 17.6 Å². The Hall–Kier alpha value is -1.06. The zero-order valence-electron chi connectivity index (χ0n) is 10.8. The van der Waals surface area contributed by atoms with Crippen LogP contribution in [0.1, 0.15) is 38.6 Å². The molecule has 1 saturated carbocycles. The predicted molar refractivity (Wildman–Crippen MR) is 75.0 cm³/mol. The highest BCUT2D eigenvalue weighted by molar-refractivity contribution is 6.31. The first-order valence-corrected chi connectivity index (χ1v) is 6.92. The predicted octanol–water partition coefficient (Wildman–Crippen LogP) is 3.52. The fraction of sp³-hybridized carbons (Fsp3) is 0.500. The minimum Gasteiger partial charge on any atom is -0.324 e. The van der Waals surface area contributed by atoms with Crippen molar-refractivity contribution in [3.05, 3.63) is 29.0 Å². The van der Waals surface area contributed by atoms with E-state index in [0.717, 1.165) is 28.4 Å². The first-order chi connectivity index (χ1) is 8.65. The number of fused-ring (bicyclic) bond motifs is 1. The summed E-state index contributed by atoms with van der Waals surface area (Å²) >= 11 is 6.09. The quantitative estimate of drug-likeness (QED) is 0.915. The van der Waals surface area contributed by atoms with Gasteiger partial charge in [0.1, 0.15) is 5.82 Å². The van der Waals surface area contributed by atoms with Crippen molar-refractivity contribution < 1.29 is 0 Å². The molecule has 1 aliphatic carbocycles. The van der Waals surface area contributed by atoms with Crippen molar-refractivity contribution in [1.29, 1.82) is 0 Å². The zero-order valence-corrected chi connectivity index (χ0v) is 11.5. The second kappa shape index (κ2) is 4.56. The van der Waals surface area contributed by atoms with Crippen LogP contribution in [-0.4, -0.2) is 15.6 Å². The molecular weight excluding hydrogens is 246 g/mol. The zero-order chi connectivity index (χ0) is 12.7. The van der Waals surface area contributed by atoms with E-state index in [1.807, 2.05) is 18.2 Å². The van der Waals surface area contributed by atoms with Gasteiger partial charge in [0, 0.05) is 17.1 Å². The smallest absolute Gasteiger partial charge is 0.124 e. The van der Waals surface area contributed by atoms with Gasteiger partial charge < -0.3 is 9.88 Å². The second-order valence-electron chi connectivity index (χ2n) is 5.28. The van der Waals surface area contributed by atoms with Gasteiger partial charge >= 0.3 is 0 Å². The maximum Gasteiger partial charge on any atom is 0.124 e. The van der Waals surface area contributed by atoms with E-state index in [1.54, 1.807) is 0 Å². The van der Waals surface area contributed by atoms with Crippen LogP contribution in [0.4, 0.5) is 0 Å². The largest absolute Gasteiger partial charge is 0.324 e. The molecule has 0 spiro atoms. The van der Waals surface area contributed by atoms with Crippen molar-refractivity contribution in [3.63, 3.8) is 0 Å². The Morgan fingerprint density at radius 1 is 1.44 bits per heavy atom. The van der Waals surface area contributed by atoms with Crippen LogP contribution in [-0.2, 0) is 6.54 Å². The van der Waals surface area contributed by atoms with E-state index in [0.29, 0.717) is 12.1 Å². The molecule has 1 aliphatic rings. The number of imidazole rings is 1. The Morgan fingerprint density at radius 2 is 2.22 bits per heavy atom. The van der Waals surface area contributed by atoms with E-state index in [4.69, 9.17) is 16.6 Å². The maximum atomic E-state index is 6.09. The van der Waals surface area contributed by atoms with Crippen LogP contribution in [0.2, 0.25) is 5.02 Å². The van der Waals surface area contributed by atoms with Crippen molar-refractivity contribution in [2.75, 3.05) is 0 Å². The Labute approximate surface area is 112 Å². The van der Waals surface area contributed by atoms with Gasteiger partial charge in [0.15, 0.2) is 0 Å². The molecule has 3 nitrogen and oxygen atoms in total. The molecule has 96 valence electrons. The van der Waals surface area contributed by atoms with Crippen molar-refractivity contribution in [1.82, 2.24) is 14.9 Å². The van der Waals surface area contributed by atoms with Crippen LogP contribution >= 0.6 is 11.6 Å². The van der Waals surface area contributed by atoms with E-state index in [9.17, 15) is 0 Å². The lowest BCUT2D eigenvalue weighted by Gasteiger charge is -2.13. The summed E-state index contributed by atoms with van der Waals surface area (Å²) in [6.45, 7) is 5.21. The average Bonchev–Trinajstić information content (AvgIpc) is 3.07. The molecule has 1 N–H and O–H groups in total. The highest BCUT2D eigenvalue weighted by Crippen LogP contribution is 2.25. The van der Waals surface area contributed by atoms with Gasteiger partial charge in [-0.2, -0.15) is 0 Å². The van der Waals surface area contributed by atoms with E-state index >= 15 is 0 Å². The van der Waals surface area contributed by atoms with Gasteiger partial charge in [-0.1, -0.05) is 11.6 Å². The number of benzene rings is 1. The van der Waals surface area contributed by atoms with Gasteiger partial charge in [0.2, 0.25) is 0 Å². The molecule has 3 rings (SSSR count). The monoisotopic (exact) mass is 263 g/mol. The van der Waals surface area contributed by atoms with E-state index in [1.165, 1.54) is 12.8 Å². The lowest BCUT2D eigenvalue weighted by Crippen LogP contribution is -2.19. The Bertz CT molecular complexity index is 570. The molecule has 4 heteroatoms. The molecule has 0 atom stereocenters. The number of nitrogens with one attached hydrogen (secondary N) is 1. The number of hydrogen-bond acceptors (Lipinski definition) is 2. The highest BCUT2D eigenvalue weighted by atomic mass is 35.5. The Kier molecular flexibility index (Phi) is 3.04. The van der Waals surface area contributed by atoms with Crippen molar-refractivity contribution in [2.24, 2.45) is 0 Å². The van der Waals surface area contributed by atoms with Crippen LogP contribution in [0.15, 0.2) is 18.2 Å². The van der Waals surface area contributed by atoms with Crippen molar-refractivity contribution >= 4 is 22.6 Å². The molecule has 0 aliphatic heterocycles. The fourth-order valence-electron chi connectivity index (χ4n) is 2.34. The summed E-state index contributed by atoms with van der Waals surface area (Å²) in [6, 6.07) is 7.00. The first kappa shape index (κ1) is 12.0. The molecule has 0 unspecified atom stereocenters. The Balaban J connectivity index is 2.02. The molecule has 18 heavy (non-hydrogen) atoms. The Morgan fingerprint density at radius 3 is 2.89 bits per heavy atom. The molecule has 2 aromatic rings. The van der Waals surface area contributed by atoms with Gasteiger partial charge in [-0.25, -0.2) is 4.98 Å². The van der Waals surface area contributed by atoms with Crippen LogP contribution in [0.5, 0.6) is 0 Å². The first-order valence-electron chi connectivity index (χ1n) is 6.55. The summed E-state index contributed by atoms with van der Waals surface area (Å²) in [5, 5.41) is 4.30. The van der Waals surface area contributed by atoms with Crippen molar-refractivity contribution in [3.8, 4) is 0 Å². The fourth-order valence-corrected chi connectivity index (χ4v) is 2.51. The SMILES string of the molecule is CC(C)n1c(CNC2CC2)nc2ccc(Cl)cc21. The van der Waals surface area contributed by atoms with Gasteiger partial charge in [-0.15, -0.1) is 0 Å². The molecule has 0 amide bonds. The summed E-state index contributed by atoms with van der Waals surface area (Å²) in [7, 11) is 0. The van der Waals surface area contributed by atoms with E-state index < -0.39 is 0 Å². The van der Waals surface area contributed by atoms with Gasteiger partial charge in [0.25, 0.3) is 0 Å². The second-order valence-corrected chi connectivity index (χ2v) is 5.72. The molecule has 1 heterocycles. The van der Waals surface area contributed by atoms with Gasteiger partial charge in [-0.3, -0.25) is 0 Å². The molecule has 1 aromatic heterocycles. The number of halogens is 1. The lowest BCUT2D eigenvalue weighted by molar-refractivity contribution is 0.553. The molecule has 1 aromatic carbocycles. The summed E-state index contributed by atoms with van der Waals surface area (Å²) < 4.78 is 2.27. The van der Waals surface area contributed by atoms with Crippen molar-refractivity contribution in [2.45, 2.75) is 45.3 Å². The van der Waals surface area contributed by atoms with Crippen LogP contribution in [0.3, 0.4) is 0 Å². The van der Waals surface area contributed by atoms with Crippen LogP contribution in [0, 0.1) is 0 Å². The minimum atomic E-state index is 0.393. The maximum absolute atomic E-state index is 6.09. The van der Waals surface area contributed by atoms with E-state index in [2.05, 4.69) is 23.7 Å². The van der Waals surface area contributed by atoms with Crippen LogP contribution < -0.4 is 5.32 Å². The third-order valence-electron chi connectivity index (χ3n) is 3.37. The molecule has 1 fully saturated rings. The number of hydrogen-bond donors (Lipinski definition) is 1. The standard InChI is InChI=1S/C14H18ClN3/c1-9(2)18-13-7-10(15)3-6-12(13)17-14(18)8-16-11-4-5-11/h3,6-7,9,11,16H,4-5,8H2,1-2H3. The lowest BCUT2D eigenvalue weighted by atomic mass is 10.3. The summed E-state index contributed by atoms with van der Waals surface area (Å²) in [6.07, 6.45) is 2.60. The summed E-state index contributed by atoms with van der Waals surface area (Å²) in [5.74, 6) is 1.11. The number of aromatic nitrogens is 2. The molecule has 0 saturated heterocycles. The minimum absolute atomic E-state index is 0.393. The van der Waals surface area contributed by atoms with Gasteiger partial charge in [-0.05, 0) is 44.9 Å². The molecular formula is C14H18ClN3. The average molecular weight is 264 g/mol. The topological polar surface area (TPSA) is 29.9 Å². The third-order valence-corrected chi connectivity index (χ3v) is 3.60. The number of nitrogens with zero attached hydrogens (tertiary/aromatic N) is 2. The number of rotatable bonds is 4. The van der Waals surface area contributed by atoms with Crippen LogP contribution in [0.25, 0.3) is 11.0 Å².